The number of halogens is 12. The van der Waals surface area contributed by atoms with E-state index in [1.165, 1.54) is 5.46 Å². The molecule has 4 aromatic carbocycles. The van der Waals surface area contributed by atoms with E-state index in [0.29, 0.717) is 6.32 Å². The van der Waals surface area contributed by atoms with E-state index in [1.807, 2.05) is 24.3 Å². The van der Waals surface area contributed by atoms with E-state index in [2.05, 4.69) is 19.0 Å². The van der Waals surface area contributed by atoms with Crippen molar-refractivity contribution in [3.05, 3.63) is 119 Å². The van der Waals surface area contributed by atoms with Crippen molar-refractivity contribution in [3.63, 3.8) is 0 Å². The van der Waals surface area contributed by atoms with Gasteiger partial charge in [-0.15, -0.1) is 0 Å². The van der Waals surface area contributed by atoms with Crippen LogP contribution in [0.25, 0.3) is 0 Å². The summed E-state index contributed by atoms with van der Waals surface area (Å²) in [6, 6.07) is 20.8. The van der Waals surface area contributed by atoms with Crippen LogP contribution in [0.5, 0.6) is 5.75 Å². The molecule has 0 fully saturated rings. The Hall–Kier alpha value is -3.97. The van der Waals surface area contributed by atoms with Gasteiger partial charge in [-0.25, -0.2) is 16.4 Å². The standard InChI is InChI=1S/C15H12BF6.C9H8BF6.C8H12BO/c17-14(18,19)11-6-12(15(20,21)22)8-13(7-11)16-9-10-4-2-1-3-5-10;1-10-7-3-5(8(11,12)13)2-6(4-7)9(14,15)16;1-9-7-3-5-8(10-2)6-4-7/h1-8H,9,16H2;2-4H,10H2,1H3;3-6H,9H2,1-2H3/q3*-1. The van der Waals surface area contributed by atoms with Crippen LogP contribution in [0, 0.1) is 0 Å². The molecule has 4 rings (SSSR count). The number of ether oxygens (including phenoxy) is 1. The highest BCUT2D eigenvalue weighted by molar-refractivity contribution is 6.53. The van der Waals surface area contributed by atoms with Crippen molar-refractivity contribution in [3.8, 4) is 5.75 Å². The SMILES string of the molecule is C[BH2-]c1cc(C(F)(F)F)cc(C(F)(F)F)c1.C[BH2-]c1ccc(OC)cc1.FC(F)(F)c1cc([BH2-]Cc2ccccc2)cc(C(F)(F)F)c1. The molecule has 0 amide bonds. The molecule has 4 aromatic rings. The van der Waals surface area contributed by atoms with Gasteiger partial charge >= 0.3 is 24.7 Å². The summed E-state index contributed by atoms with van der Waals surface area (Å²) < 4.78 is 155. The maximum atomic E-state index is 12.7. The van der Waals surface area contributed by atoms with Gasteiger partial charge in [0.1, 0.15) is 5.75 Å². The lowest BCUT2D eigenvalue weighted by molar-refractivity contribution is -0.144. The third kappa shape index (κ3) is 13.3. The molecule has 262 valence electrons. The Morgan fingerprint density at radius 3 is 1.19 bits per heavy atom. The molecule has 0 saturated carbocycles. The van der Waals surface area contributed by atoms with Crippen molar-refractivity contribution in [2.45, 2.75) is 44.7 Å². The molecule has 0 aliphatic carbocycles. The van der Waals surface area contributed by atoms with Gasteiger partial charge in [-0.05, 0) is 38.8 Å². The van der Waals surface area contributed by atoms with Gasteiger partial charge in [0.25, 0.3) is 0 Å². The summed E-state index contributed by atoms with van der Waals surface area (Å²) in [5.41, 5.74) is -2.28. The molecule has 48 heavy (non-hydrogen) atoms. The van der Waals surface area contributed by atoms with Crippen LogP contribution in [-0.2, 0) is 31.0 Å². The third-order valence-corrected chi connectivity index (χ3v) is 7.71. The third-order valence-electron chi connectivity index (χ3n) is 7.71. The Morgan fingerprint density at radius 2 is 0.854 bits per heavy atom. The van der Waals surface area contributed by atoms with Crippen molar-refractivity contribution in [1.82, 2.24) is 0 Å². The van der Waals surface area contributed by atoms with Crippen LogP contribution in [-0.4, -0.2) is 28.9 Å². The summed E-state index contributed by atoms with van der Waals surface area (Å²) in [7, 11) is -0.268. The molecule has 0 spiro atoms. The predicted molar refractivity (Wildman–Crippen MR) is 172 cm³/mol. The molecule has 0 saturated heterocycles. The number of methoxy groups -OCH3 is 1. The zero-order valence-electron chi connectivity index (χ0n) is 26.8. The molecular formula is C32H32B3F12O-3. The van der Waals surface area contributed by atoms with E-state index >= 15 is 0 Å². The molecule has 0 unspecified atom stereocenters. The van der Waals surface area contributed by atoms with Crippen molar-refractivity contribution in [2.75, 3.05) is 7.11 Å². The summed E-state index contributed by atoms with van der Waals surface area (Å²) in [5, 5.41) is 0. The van der Waals surface area contributed by atoms with E-state index in [9.17, 15) is 52.7 Å². The van der Waals surface area contributed by atoms with E-state index in [-0.39, 0.29) is 30.3 Å². The topological polar surface area (TPSA) is 9.23 Å². The van der Waals surface area contributed by atoms with Crippen molar-refractivity contribution < 1.29 is 57.4 Å². The fraction of sp³-hybridized carbons (Fsp3) is 0.250. The molecular weight excluding hydrogens is 661 g/mol. The summed E-state index contributed by atoms with van der Waals surface area (Å²) in [6.45, 7) is 3.89. The molecule has 0 radical (unpaired) electrons. The van der Waals surface area contributed by atoms with Gasteiger partial charge in [0.2, 0.25) is 0 Å². The quantitative estimate of drug-likeness (QED) is 0.159. The molecule has 0 heterocycles. The number of rotatable bonds is 6. The average Bonchev–Trinajstić information content (AvgIpc) is 3.03. The molecule has 0 bridgehead atoms. The highest BCUT2D eigenvalue weighted by atomic mass is 19.4. The minimum absolute atomic E-state index is 0.120. The Bertz CT molecular complexity index is 1480. The average molecular weight is 693 g/mol. The molecule has 0 aliphatic heterocycles. The van der Waals surface area contributed by atoms with Crippen LogP contribution in [0.15, 0.2) is 91.0 Å². The van der Waals surface area contributed by atoms with Gasteiger partial charge in [0.15, 0.2) is 0 Å². The highest BCUT2D eigenvalue weighted by Crippen LogP contribution is 2.35. The molecule has 1 nitrogen and oxygen atoms in total. The summed E-state index contributed by atoms with van der Waals surface area (Å²) in [4.78, 5) is 0. The smallest absolute Gasteiger partial charge is 0.416 e. The van der Waals surface area contributed by atoms with E-state index in [0.717, 1.165) is 35.6 Å². The lowest BCUT2D eigenvalue weighted by Crippen LogP contribution is -2.23. The van der Waals surface area contributed by atoms with E-state index in [1.54, 1.807) is 32.1 Å². The number of hydrogen-bond donors (Lipinski definition) is 0. The Kier molecular flexibility index (Phi) is 14.2. The minimum atomic E-state index is -4.78. The predicted octanol–water partition coefficient (Wildman–Crippen LogP) is 6.82. The molecule has 0 N–H and O–H groups in total. The first kappa shape index (κ1) is 40.2. The molecule has 0 atom stereocenters. The van der Waals surface area contributed by atoms with Crippen LogP contribution in [0.3, 0.4) is 0 Å². The number of hydrogen-bond acceptors (Lipinski definition) is 1. The first-order chi connectivity index (χ1) is 22.2. The fourth-order valence-electron chi connectivity index (χ4n) is 4.84. The molecule has 16 heteroatoms. The minimum Gasteiger partial charge on any atom is -0.497 e. The number of benzene rings is 4. The van der Waals surface area contributed by atoms with Gasteiger partial charge < -0.3 is 4.74 Å². The zero-order valence-corrected chi connectivity index (χ0v) is 26.8. The monoisotopic (exact) mass is 693 g/mol. The molecule has 0 aromatic heterocycles. The lowest BCUT2D eigenvalue weighted by atomic mass is 9.64. The van der Waals surface area contributed by atoms with Gasteiger partial charge in [-0.1, -0.05) is 72.3 Å². The Morgan fingerprint density at radius 1 is 0.479 bits per heavy atom. The zero-order chi connectivity index (χ0) is 36.3. The summed E-state index contributed by atoms with van der Waals surface area (Å²) >= 11 is 0. The Labute approximate surface area is 272 Å². The largest absolute Gasteiger partial charge is 0.497 e. The maximum Gasteiger partial charge on any atom is 0.416 e. The fourth-order valence-corrected chi connectivity index (χ4v) is 4.84. The van der Waals surface area contributed by atoms with Gasteiger partial charge in [-0.2, -0.15) is 72.7 Å². The second-order valence-corrected chi connectivity index (χ2v) is 11.4. The number of alkyl halides is 12. The highest BCUT2D eigenvalue weighted by Gasteiger charge is 2.37. The van der Waals surface area contributed by atoms with E-state index < -0.39 is 61.5 Å². The van der Waals surface area contributed by atoms with E-state index in [4.69, 9.17) is 4.74 Å². The lowest BCUT2D eigenvalue weighted by Gasteiger charge is -2.17. The normalized spacial score (nSPS) is 12.0. The molecule has 0 aliphatic rings. The van der Waals surface area contributed by atoms with Gasteiger partial charge in [0, 0.05) is 7.28 Å². The Balaban J connectivity index is 0.000000269. The van der Waals surface area contributed by atoms with Crippen LogP contribution in [0.4, 0.5) is 52.7 Å². The second-order valence-electron chi connectivity index (χ2n) is 11.4. The van der Waals surface area contributed by atoms with Crippen LogP contribution < -0.4 is 21.1 Å². The first-order valence-corrected chi connectivity index (χ1v) is 15.6. The van der Waals surface area contributed by atoms with Gasteiger partial charge in [-0.3, -0.25) is 0 Å². The summed E-state index contributed by atoms with van der Waals surface area (Å²) in [5.74, 6) is 0.948. The maximum absolute atomic E-state index is 12.7. The van der Waals surface area contributed by atoms with Crippen LogP contribution >= 0.6 is 0 Å². The second kappa shape index (κ2) is 16.9. The van der Waals surface area contributed by atoms with Crippen molar-refractivity contribution >= 4 is 38.2 Å². The van der Waals surface area contributed by atoms with Crippen LogP contribution in [0.1, 0.15) is 27.8 Å². The van der Waals surface area contributed by atoms with Crippen molar-refractivity contribution in [2.24, 2.45) is 0 Å². The summed E-state index contributed by atoms with van der Waals surface area (Å²) in [6.07, 6.45) is -18.5. The van der Waals surface area contributed by atoms with Gasteiger partial charge in [0.05, 0.1) is 29.4 Å². The van der Waals surface area contributed by atoms with Crippen molar-refractivity contribution in [1.29, 1.82) is 0 Å². The first-order valence-electron chi connectivity index (χ1n) is 15.6. The van der Waals surface area contributed by atoms with Crippen LogP contribution in [0.2, 0.25) is 13.6 Å².